The molecule has 1 amide bonds. The van der Waals surface area contributed by atoms with Crippen molar-refractivity contribution in [3.05, 3.63) is 72.2 Å². The molecule has 0 fully saturated rings. The molecule has 3 heterocycles. The van der Waals surface area contributed by atoms with Crippen LogP contribution in [-0.4, -0.2) is 27.7 Å². The molecule has 2 aromatic heterocycles. The second kappa shape index (κ2) is 7.32. The molecule has 1 aliphatic rings. The number of carbonyl (C=O) groups is 1. The van der Waals surface area contributed by atoms with Crippen LogP contribution < -0.4 is 20.1 Å². The average Bonchev–Trinajstić information content (AvgIpc) is 3.21. The average molecular weight is 399 g/mol. The van der Waals surface area contributed by atoms with Crippen molar-refractivity contribution in [3.63, 3.8) is 0 Å². The SMILES string of the molecule is Cc1cc(C(=O)Nc2ccc3c(c2)OCO3)nc(Nc2cccc3cccnc23)n1. The van der Waals surface area contributed by atoms with Crippen LogP contribution in [0.4, 0.5) is 17.3 Å². The third-order valence-electron chi connectivity index (χ3n) is 4.60. The summed E-state index contributed by atoms with van der Waals surface area (Å²) >= 11 is 0. The maximum Gasteiger partial charge on any atom is 0.274 e. The zero-order valence-electron chi connectivity index (χ0n) is 16.0. The minimum absolute atomic E-state index is 0.176. The van der Waals surface area contributed by atoms with Crippen LogP contribution in [-0.2, 0) is 0 Å². The number of benzene rings is 2. The van der Waals surface area contributed by atoms with Crippen molar-refractivity contribution >= 4 is 34.1 Å². The highest BCUT2D eigenvalue weighted by Crippen LogP contribution is 2.34. The number of carbonyl (C=O) groups excluding carboxylic acids is 1. The second-order valence-corrected chi connectivity index (χ2v) is 6.75. The molecule has 30 heavy (non-hydrogen) atoms. The Morgan fingerprint density at radius 2 is 1.87 bits per heavy atom. The van der Waals surface area contributed by atoms with Crippen LogP contribution >= 0.6 is 0 Å². The number of nitrogens with zero attached hydrogens (tertiary/aromatic N) is 3. The maximum atomic E-state index is 12.8. The van der Waals surface area contributed by atoms with Crippen molar-refractivity contribution in [1.29, 1.82) is 0 Å². The lowest BCUT2D eigenvalue weighted by Crippen LogP contribution is -2.15. The van der Waals surface area contributed by atoms with Gasteiger partial charge in [0.15, 0.2) is 11.5 Å². The van der Waals surface area contributed by atoms with Gasteiger partial charge in [-0.1, -0.05) is 18.2 Å². The Balaban J connectivity index is 1.41. The Morgan fingerprint density at radius 3 is 2.80 bits per heavy atom. The molecule has 148 valence electrons. The van der Waals surface area contributed by atoms with E-state index in [0.717, 1.165) is 16.6 Å². The summed E-state index contributed by atoms with van der Waals surface area (Å²) in [5.41, 5.74) is 3.07. The first-order chi connectivity index (χ1) is 14.7. The van der Waals surface area contributed by atoms with Crippen molar-refractivity contribution in [2.45, 2.75) is 6.92 Å². The molecule has 0 saturated heterocycles. The smallest absolute Gasteiger partial charge is 0.274 e. The zero-order valence-corrected chi connectivity index (χ0v) is 16.0. The van der Waals surface area contributed by atoms with Crippen LogP contribution in [0.2, 0.25) is 0 Å². The van der Waals surface area contributed by atoms with E-state index in [1.165, 1.54) is 0 Å². The molecule has 0 unspecified atom stereocenters. The van der Waals surface area contributed by atoms with Gasteiger partial charge >= 0.3 is 0 Å². The van der Waals surface area contributed by atoms with E-state index >= 15 is 0 Å². The Bertz CT molecular complexity index is 1270. The molecular formula is C22H17N5O3. The quantitative estimate of drug-likeness (QED) is 0.534. The van der Waals surface area contributed by atoms with E-state index < -0.39 is 0 Å². The predicted octanol–water partition coefficient (Wildman–Crippen LogP) is 4.06. The summed E-state index contributed by atoms with van der Waals surface area (Å²) < 4.78 is 10.6. The van der Waals surface area contributed by atoms with E-state index in [1.54, 1.807) is 30.5 Å². The molecule has 0 saturated carbocycles. The van der Waals surface area contributed by atoms with Crippen molar-refractivity contribution < 1.29 is 14.3 Å². The number of fused-ring (bicyclic) bond motifs is 2. The number of nitrogens with one attached hydrogen (secondary N) is 2. The summed E-state index contributed by atoms with van der Waals surface area (Å²) in [7, 11) is 0. The lowest BCUT2D eigenvalue weighted by atomic mass is 10.2. The van der Waals surface area contributed by atoms with Crippen LogP contribution in [0.5, 0.6) is 11.5 Å². The normalized spacial score (nSPS) is 12.0. The second-order valence-electron chi connectivity index (χ2n) is 6.75. The Labute approximate surface area is 171 Å². The van der Waals surface area contributed by atoms with Gasteiger partial charge in [0.1, 0.15) is 5.69 Å². The van der Waals surface area contributed by atoms with Gasteiger partial charge in [-0.15, -0.1) is 0 Å². The van der Waals surface area contributed by atoms with Crippen LogP contribution in [0.3, 0.4) is 0 Å². The van der Waals surface area contributed by atoms with Gasteiger partial charge in [0.2, 0.25) is 12.7 Å². The van der Waals surface area contributed by atoms with Crippen molar-refractivity contribution in [3.8, 4) is 11.5 Å². The highest BCUT2D eigenvalue weighted by Gasteiger charge is 2.16. The topological polar surface area (TPSA) is 98.3 Å². The van der Waals surface area contributed by atoms with E-state index in [-0.39, 0.29) is 18.4 Å². The Morgan fingerprint density at radius 1 is 1.00 bits per heavy atom. The summed E-state index contributed by atoms with van der Waals surface area (Å²) in [6, 6.07) is 16.5. The molecule has 1 aliphatic heterocycles. The number of rotatable bonds is 4. The van der Waals surface area contributed by atoms with Gasteiger partial charge in [-0.2, -0.15) is 0 Å². The Hall–Kier alpha value is -4.20. The number of pyridine rings is 1. The van der Waals surface area contributed by atoms with Gasteiger partial charge in [-0.3, -0.25) is 9.78 Å². The Kier molecular flexibility index (Phi) is 4.36. The van der Waals surface area contributed by atoms with Crippen molar-refractivity contribution in [1.82, 2.24) is 15.0 Å². The monoisotopic (exact) mass is 399 g/mol. The standard InChI is InChI=1S/C22H17N5O3/c1-13-10-17(21(28)25-15-7-8-18-19(11-15)30-12-29-18)27-22(24-13)26-16-6-2-4-14-5-3-9-23-20(14)16/h2-11H,12H2,1H3,(H,25,28)(H,24,26,27). The van der Waals surface area contributed by atoms with Gasteiger partial charge in [-0.25, -0.2) is 9.97 Å². The summed E-state index contributed by atoms with van der Waals surface area (Å²) in [6.45, 7) is 1.99. The van der Waals surface area contributed by atoms with Crippen LogP contribution in [0.1, 0.15) is 16.2 Å². The number of aryl methyl sites for hydroxylation is 1. The minimum atomic E-state index is -0.349. The molecule has 5 rings (SSSR count). The van der Waals surface area contributed by atoms with Crippen LogP contribution in [0.25, 0.3) is 10.9 Å². The lowest BCUT2D eigenvalue weighted by Gasteiger charge is -2.10. The summed E-state index contributed by atoms with van der Waals surface area (Å²) in [5.74, 6) is 1.22. The number of amides is 1. The van der Waals surface area contributed by atoms with Crippen molar-refractivity contribution in [2.24, 2.45) is 0 Å². The summed E-state index contributed by atoms with van der Waals surface area (Å²) in [6.07, 6.45) is 1.73. The van der Waals surface area contributed by atoms with E-state index in [0.29, 0.717) is 28.8 Å². The first kappa shape index (κ1) is 17.9. The molecule has 0 atom stereocenters. The highest BCUT2D eigenvalue weighted by molar-refractivity contribution is 6.03. The fourth-order valence-electron chi connectivity index (χ4n) is 3.24. The first-order valence-electron chi connectivity index (χ1n) is 9.33. The summed E-state index contributed by atoms with van der Waals surface area (Å²) in [5, 5.41) is 7.01. The molecule has 2 aromatic carbocycles. The maximum absolute atomic E-state index is 12.8. The number of ether oxygens (including phenoxy) is 2. The third-order valence-corrected chi connectivity index (χ3v) is 4.60. The molecule has 8 nitrogen and oxygen atoms in total. The third kappa shape index (κ3) is 3.46. The molecule has 0 bridgehead atoms. The van der Waals surface area contributed by atoms with Crippen LogP contribution in [0.15, 0.2) is 60.8 Å². The minimum Gasteiger partial charge on any atom is -0.454 e. The molecule has 0 spiro atoms. The largest absolute Gasteiger partial charge is 0.454 e. The van der Waals surface area contributed by atoms with E-state index in [1.807, 2.05) is 37.3 Å². The molecular weight excluding hydrogens is 382 g/mol. The zero-order chi connectivity index (χ0) is 20.5. The van der Waals surface area contributed by atoms with E-state index in [4.69, 9.17) is 9.47 Å². The molecule has 8 heteroatoms. The number of hydrogen-bond donors (Lipinski definition) is 2. The fourth-order valence-corrected chi connectivity index (χ4v) is 3.24. The van der Waals surface area contributed by atoms with E-state index in [2.05, 4.69) is 25.6 Å². The first-order valence-corrected chi connectivity index (χ1v) is 9.33. The van der Waals surface area contributed by atoms with Gasteiger partial charge < -0.3 is 20.1 Å². The van der Waals surface area contributed by atoms with Gasteiger partial charge in [0.05, 0.1) is 11.2 Å². The lowest BCUT2D eigenvalue weighted by molar-refractivity contribution is 0.102. The number of hydrogen-bond acceptors (Lipinski definition) is 7. The molecule has 2 N–H and O–H groups in total. The summed E-state index contributed by atoms with van der Waals surface area (Å²) in [4.78, 5) is 26.0. The fraction of sp³-hybridized carbons (Fsp3) is 0.0909. The molecule has 4 aromatic rings. The van der Waals surface area contributed by atoms with Gasteiger partial charge in [0.25, 0.3) is 5.91 Å². The number of aromatic nitrogens is 3. The van der Waals surface area contributed by atoms with E-state index in [9.17, 15) is 4.79 Å². The van der Waals surface area contributed by atoms with Crippen molar-refractivity contribution in [2.75, 3.05) is 17.4 Å². The molecule has 0 radical (unpaired) electrons. The van der Waals surface area contributed by atoms with Gasteiger partial charge in [0, 0.05) is 29.0 Å². The number of para-hydroxylation sites is 1. The van der Waals surface area contributed by atoms with Crippen LogP contribution in [0, 0.1) is 6.92 Å². The molecule has 0 aliphatic carbocycles. The number of anilines is 3. The highest BCUT2D eigenvalue weighted by atomic mass is 16.7. The predicted molar refractivity (Wildman–Crippen MR) is 112 cm³/mol. The van der Waals surface area contributed by atoms with Gasteiger partial charge in [-0.05, 0) is 37.3 Å².